The largest absolute Gasteiger partial charge is 0.442 e. The molecule has 1 aromatic carbocycles. The summed E-state index contributed by atoms with van der Waals surface area (Å²) >= 11 is 0. The van der Waals surface area contributed by atoms with E-state index in [1.807, 2.05) is 11.5 Å². The standard InChI is InChI=1S/C11H15NO4/c1-11(2,3)14-10(13)12-16-15-9-7-5-4-6-8-9/h4-8H,1-3H3,(H,12,13). The maximum absolute atomic E-state index is 11.1. The number of para-hydroxylation sites is 1. The molecule has 0 atom stereocenters. The molecule has 0 fully saturated rings. The van der Waals surface area contributed by atoms with Gasteiger partial charge in [-0.05, 0) is 32.9 Å². The second-order valence-electron chi connectivity index (χ2n) is 4.08. The smallest absolute Gasteiger partial charge is 0.435 e. The van der Waals surface area contributed by atoms with Crippen molar-refractivity contribution in [3.63, 3.8) is 0 Å². The predicted molar refractivity (Wildman–Crippen MR) is 57.5 cm³/mol. The van der Waals surface area contributed by atoms with Crippen LogP contribution in [-0.2, 0) is 9.73 Å². The third-order valence-electron chi connectivity index (χ3n) is 1.40. The number of benzene rings is 1. The third-order valence-corrected chi connectivity index (χ3v) is 1.40. The number of rotatable bonds is 3. The van der Waals surface area contributed by atoms with Crippen LogP contribution in [0.15, 0.2) is 30.3 Å². The van der Waals surface area contributed by atoms with Crippen LogP contribution in [0.3, 0.4) is 0 Å². The van der Waals surface area contributed by atoms with E-state index in [1.54, 1.807) is 45.0 Å². The molecule has 5 heteroatoms. The van der Waals surface area contributed by atoms with Gasteiger partial charge in [-0.2, -0.15) is 5.48 Å². The number of carbonyl (C=O) groups is 1. The summed E-state index contributed by atoms with van der Waals surface area (Å²) in [5, 5.41) is 0. The number of hydroxylamine groups is 1. The maximum atomic E-state index is 11.1. The van der Waals surface area contributed by atoms with Crippen molar-refractivity contribution in [3.8, 4) is 5.75 Å². The van der Waals surface area contributed by atoms with Gasteiger partial charge in [-0.25, -0.2) is 4.79 Å². The molecule has 0 saturated heterocycles. The van der Waals surface area contributed by atoms with Crippen LogP contribution in [0.5, 0.6) is 5.75 Å². The summed E-state index contributed by atoms with van der Waals surface area (Å²) in [6.45, 7) is 5.26. The van der Waals surface area contributed by atoms with E-state index in [-0.39, 0.29) is 0 Å². The summed E-state index contributed by atoms with van der Waals surface area (Å²) < 4.78 is 4.92. The molecule has 1 N–H and O–H groups in total. The van der Waals surface area contributed by atoms with Crippen LogP contribution < -0.4 is 10.4 Å². The Balaban J connectivity index is 2.24. The van der Waals surface area contributed by atoms with Crippen molar-refractivity contribution in [2.24, 2.45) is 0 Å². The average molecular weight is 225 g/mol. The van der Waals surface area contributed by atoms with E-state index in [0.29, 0.717) is 5.75 Å². The summed E-state index contributed by atoms with van der Waals surface area (Å²) in [7, 11) is 0. The second-order valence-corrected chi connectivity index (χ2v) is 4.08. The topological polar surface area (TPSA) is 56.8 Å². The first kappa shape index (κ1) is 12.3. The first-order chi connectivity index (χ1) is 7.47. The Labute approximate surface area is 94.2 Å². The first-order valence-electron chi connectivity index (χ1n) is 4.85. The lowest BCUT2D eigenvalue weighted by Crippen LogP contribution is -2.33. The van der Waals surface area contributed by atoms with Crippen LogP contribution in [-0.4, -0.2) is 11.7 Å². The van der Waals surface area contributed by atoms with Crippen molar-refractivity contribution in [1.82, 2.24) is 5.48 Å². The normalized spacial score (nSPS) is 10.7. The van der Waals surface area contributed by atoms with Crippen LogP contribution in [0, 0.1) is 0 Å². The third kappa shape index (κ3) is 5.21. The van der Waals surface area contributed by atoms with Gasteiger partial charge >= 0.3 is 6.09 Å². The molecule has 0 saturated carbocycles. The van der Waals surface area contributed by atoms with Gasteiger partial charge in [0.1, 0.15) is 5.60 Å². The lowest BCUT2D eigenvalue weighted by molar-refractivity contribution is -0.249. The highest BCUT2D eigenvalue weighted by Crippen LogP contribution is 2.08. The van der Waals surface area contributed by atoms with Gasteiger partial charge in [0.15, 0.2) is 5.75 Å². The Kier molecular flexibility index (Phi) is 4.13. The van der Waals surface area contributed by atoms with Crippen molar-refractivity contribution in [1.29, 1.82) is 0 Å². The predicted octanol–water partition coefficient (Wildman–Crippen LogP) is 2.44. The minimum atomic E-state index is -0.705. The van der Waals surface area contributed by atoms with Crippen molar-refractivity contribution in [2.45, 2.75) is 26.4 Å². The number of nitrogens with one attached hydrogen (secondary N) is 1. The van der Waals surface area contributed by atoms with Crippen LogP contribution >= 0.6 is 0 Å². The van der Waals surface area contributed by atoms with Crippen LogP contribution in [0.4, 0.5) is 4.79 Å². The van der Waals surface area contributed by atoms with Gasteiger partial charge in [-0.3, -0.25) is 0 Å². The van der Waals surface area contributed by atoms with Gasteiger partial charge in [0.25, 0.3) is 0 Å². The molecule has 0 aliphatic heterocycles. The highest BCUT2D eigenvalue weighted by Gasteiger charge is 2.16. The molecule has 0 aliphatic rings. The molecule has 1 rings (SSSR count). The Morgan fingerprint density at radius 1 is 1.19 bits per heavy atom. The SMILES string of the molecule is CC(C)(C)OC(=O)NOOc1ccccc1. The monoisotopic (exact) mass is 225 g/mol. The zero-order valence-electron chi connectivity index (χ0n) is 9.52. The van der Waals surface area contributed by atoms with Crippen molar-refractivity contribution in [2.75, 3.05) is 0 Å². The Bertz CT molecular complexity index is 332. The highest BCUT2D eigenvalue weighted by molar-refractivity contribution is 5.66. The van der Waals surface area contributed by atoms with Crippen molar-refractivity contribution in [3.05, 3.63) is 30.3 Å². The van der Waals surface area contributed by atoms with Gasteiger partial charge in [-0.15, -0.1) is 0 Å². The molecule has 5 nitrogen and oxygen atoms in total. The van der Waals surface area contributed by atoms with E-state index in [0.717, 1.165) is 0 Å². The highest BCUT2D eigenvalue weighted by atomic mass is 17.3. The van der Waals surface area contributed by atoms with E-state index in [9.17, 15) is 4.79 Å². The molecule has 1 amide bonds. The molecule has 0 aliphatic carbocycles. The fourth-order valence-electron chi connectivity index (χ4n) is 0.878. The molecule has 16 heavy (non-hydrogen) atoms. The summed E-state index contributed by atoms with van der Waals surface area (Å²) in [5.41, 5.74) is 1.44. The molecular weight excluding hydrogens is 210 g/mol. The molecule has 0 bridgehead atoms. The lowest BCUT2D eigenvalue weighted by atomic mass is 10.2. The summed E-state index contributed by atoms with van der Waals surface area (Å²) in [5.74, 6) is 0.485. The number of amides is 1. The number of carbonyl (C=O) groups excluding carboxylic acids is 1. The lowest BCUT2D eigenvalue weighted by Gasteiger charge is -2.18. The Morgan fingerprint density at radius 3 is 2.38 bits per heavy atom. The molecule has 88 valence electrons. The maximum Gasteiger partial charge on any atom is 0.435 e. The van der Waals surface area contributed by atoms with Crippen LogP contribution in [0.2, 0.25) is 0 Å². The van der Waals surface area contributed by atoms with Crippen molar-refractivity contribution < 1.29 is 19.4 Å². The summed E-state index contributed by atoms with van der Waals surface area (Å²) in [6, 6.07) is 8.79. The molecule has 1 aromatic rings. The van der Waals surface area contributed by atoms with Gasteiger partial charge in [0, 0.05) is 0 Å². The molecule has 0 unspecified atom stereocenters. The zero-order chi connectivity index (χ0) is 12.0. The minimum absolute atomic E-state index is 0.485. The van der Waals surface area contributed by atoms with Gasteiger partial charge in [0.05, 0.1) is 0 Å². The molecule has 0 radical (unpaired) electrons. The number of hydrogen-bond acceptors (Lipinski definition) is 4. The van der Waals surface area contributed by atoms with E-state index >= 15 is 0 Å². The van der Waals surface area contributed by atoms with Crippen LogP contribution in [0.25, 0.3) is 0 Å². The molecular formula is C11H15NO4. The zero-order valence-corrected chi connectivity index (χ0v) is 9.52. The first-order valence-corrected chi connectivity index (χ1v) is 4.85. The number of ether oxygens (including phenoxy) is 1. The van der Waals surface area contributed by atoms with E-state index < -0.39 is 11.7 Å². The summed E-state index contributed by atoms with van der Waals surface area (Å²) in [4.78, 5) is 20.4. The van der Waals surface area contributed by atoms with Gasteiger partial charge in [-0.1, -0.05) is 23.2 Å². The quantitative estimate of drug-likeness (QED) is 0.634. The fraction of sp³-hybridized carbons (Fsp3) is 0.364. The van der Waals surface area contributed by atoms with Crippen LogP contribution in [0.1, 0.15) is 20.8 Å². The van der Waals surface area contributed by atoms with E-state index in [1.165, 1.54) is 0 Å². The second kappa shape index (κ2) is 5.37. The van der Waals surface area contributed by atoms with E-state index in [4.69, 9.17) is 9.62 Å². The Hall–Kier alpha value is -1.75. The van der Waals surface area contributed by atoms with Gasteiger partial charge in [0.2, 0.25) is 0 Å². The molecule has 0 aromatic heterocycles. The van der Waals surface area contributed by atoms with Gasteiger partial charge < -0.3 is 9.62 Å². The average Bonchev–Trinajstić information content (AvgIpc) is 2.16. The minimum Gasteiger partial charge on any atom is -0.442 e. The number of hydrogen-bond donors (Lipinski definition) is 1. The summed E-state index contributed by atoms with van der Waals surface area (Å²) in [6.07, 6.45) is -0.705. The molecule has 0 heterocycles. The fourth-order valence-corrected chi connectivity index (χ4v) is 0.878. The van der Waals surface area contributed by atoms with E-state index in [2.05, 4.69) is 4.99 Å². The Morgan fingerprint density at radius 2 is 1.81 bits per heavy atom. The van der Waals surface area contributed by atoms with Crippen molar-refractivity contribution >= 4 is 6.09 Å². The molecule has 0 spiro atoms.